The third-order valence-corrected chi connectivity index (χ3v) is 3.36. The lowest BCUT2D eigenvalue weighted by Crippen LogP contribution is -2.37. The molecule has 24 heavy (non-hydrogen) atoms. The molecule has 0 bridgehead atoms. The Balaban J connectivity index is 1.78. The van der Waals surface area contributed by atoms with Crippen molar-refractivity contribution >= 4 is 29.1 Å². The van der Waals surface area contributed by atoms with Crippen LogP contribution in [-0.2, 0) is 9.59 Å². The van der Waals surface area contributed by atoms with Crippen LogP contribution in [0.3, 0.4) is 0 Å². The van der Waals surface area contributed by atoms with E-state index in [0.717, 1.165) is 0 Å². The Morgan fingerprint density at radius 3 is 2.38 bits per heavy atom. The van der Waals surface area contributed by atoms with Crippen molar-refractivity contribution in [2.45, 2.75) is 0 Å². The second-order valence-corrected chi connectivity index (χ2v) is 5.48. The van der Waals surface area contributed by atoms with Gasteiger partial charge in [-0.15, -0.1) is 0 Å². The SMILES string of the molecule is CN(CC(=O)Nc1ccc(Cl)cc1)C(=O)COc1ccc(F)cc1. The van der Waals surface area contributed by atoms with E-state index in [1.165, 1.54) is 36.2 Å². The molecule has 0 aromatic heterocycles. The summed E-state index contributed by atoms with van der Waals surface area (Å²) in [6, 6.07) is 12.0. The number of carbonyl (C=O) groups excluding carboxylic acids is 2. The number of nitrogens with zero attached hydrogens (tertiary/aromatic N) is 1. The number of halogens is 2. The third kappa shape index (κ3) is 5.55. The van der Waals surface area contributed by atoms with Gasteiger partial charge in [0.25, 0.3) is 5.91 Å². The van der Waals surface area contributed by atoms with Gasteiger partial charge in [-0.2, -0.15) is 0 Å². The van der Waals surface area contributed by atoms with Crippen LogP contribution in [-0.4, -0.2) is 36.9 Å². The lowest BCUT2D eigenvalue weighted by Gasteiger charge is -2.17. The fraction of sp³-hybridized carbons (Fsp3) is 0.176. The molecule has 0 radical (unpaired) electrons. The van der Waals surface area contributed by atoms with Gasteiger partial charge in [0.15, 0.2) is 6.61 Å². The number of rotatable bonds is 6. The molecule has 2 aromatic carbocycles. The number of benzene rings is 2. The average Bonchev–Trinajstić information content (AvgIpc) is 2.56. The van der Waals surface area contributed by atoms with Crippen LogP contribution >= 0.6 is 11.6 Å². The minimum atomic E-state index is -0.385. The molecule has 0 saturated carbocycles. The smallest absolute Gasteiger partial charge is 0.260 e. The van der Waals surface area contributed by atoms with Gasteiger partial charge in [0.05, 0.1) is 6.54 Å². The number of likely N-dealkylation sites (N-methyl/N-ethyl adjacent to an activating group) is 1. The first kappa shape index (κ1) is 17.7. The Labute approximate surface area is 144 Å². The van der Waals surface area contributed by atoms with Crippen LogP contribution in [0.5, 0.6) is 5.75 Å². The van der Waals surface area contributed by atoms with Crippen LogP contribution in [0, 0.1) is 5.82 Å². The summed E-state index contributed by atoms with van der Waals surface area (Å²) in [6.07, 6.45) is 0. The molecule has 1 N–H and O–H groups in total. The summed E-state index contributed by atoms with van der Waals surface area (Å²) in [4.78, 5) is 25.1. The Morgan fingerprint density at radius 1 is 1.12 bits per heavy atom. The lowest BCUT2D eigenvalue weighted by atomic mass is 10.3. The van der Waals surface area contributed by atoms with Gasteiger partial charge in [-0.05, 0) is 48.5 Å². The van der Waals surface area contributed by atoms with Crippen molar-refractivity contribution in [3.63, 3.8) is 0 Å². The molecule has 0 aliphatic heterocycles. The van der Waals surface area contributed by atoms with Crippen molar-refractivity contribution in [1.29, 1.82) is 0 Å². The molecule has 0 aliphatic carbocycles. The van der Waals surface area contributed by atoms with Crippen LogP contribution in [0.15, 0.2) is 48.5 Å². The van der Waals surface area contributed by atoms with E-state index in [4.69, 9.17) is 16.3 Å². The highest BCUT2D eigenvalue weighted by molar-refractivity contribution is 6.30. The zero-order valence-electron chi connectivity index (χ0n) is 13.0. The second-order valence-electron chi connectivity index (χ2n) is 5.05. The summed E-state index contributed by atoms with van der Waals surface area (Å²) in [5.41, 5.74) is 0.591. The van der Waals surface area contributed by atoms with E-state index < -0.39 is 0 Å². The van der Waals surface area contributed by atoms with Gasteiger partial charge in [0, 0.05) is 17.8 Å². The molecule has 0 aliphatic rings. The van der Waals surface area contributed by atoms with Crippen LogP contribution < -0.4 is 10.1 Å². The van der Waals surface area contributed by atoms with E-state index in [2.05, 4.69) is 5.32 Å². The molecule has 0 atom stereocenters. The molecule has 0 spiro atoms. The van der Waals surface area contributed by atoms with Gasteiger partial charge < -0.3 is 15.0 Å². The van der Waals surface area contributed by atoms with Crippen molar-refractivity contribution in [1.82, 2.24) is 4.90 Å². The van der Waals surface area contributed by atoms with Crippen molar-refractivity contribution in [2.75, 3.05) is 25.5 Å². The number of anilines is 1. The zero-order chi connectivity index (χ0) is 17.5. The van der Waals surface area contributed by atoms with Crippen molar-refractivity contribution in [3.8, 4) is 5.75 Å². The second kappa shape index (κ2) is 8.31. The normalized spacial score (nSPS) is 10.1. The van der Waals surface area contributed by atoms with Gasteiger partial charge in [-0.25, -0.2) is 4.39 Å². The van der Waals surface area contributed by atoms with Gasteiger partial charge in [-0.1, -0.05) is 11.6 Å². The maximum absolute atomic E-state index is 12.8. The molecule has 7 heteroatoms. The molecule has 0 unspecified atom stereocenters. The van der Waals surface area contributed by atoms with Gasteiger partial charge in [0.2, 0.25) is 5.91 Å². The number of carbonyl (C=O) groups is 2. The standard InChI is InChI=1S/C17H16ClFN2O3/c1-21(10-16(22)20-14-6-2-12(18)3-7-14)17(23)11-24-15-8-4-13(19)5-9-15/h2-9H,10-11H2,1H3,(H,20,22). The highest BCUT2D eigenvalue weighted by atomic mass is 35.5. The lowest BCUT2D eigenvalue weighted by molar-refractivity contribution is -0.135. The summed E-state index contributed by atoms with van der Waals surface area (Å²) in [5.74, 6) is -0.714. The third-order valence-electron chi connectivity index (χ3n) is 3.11. The number of nitrogens with one attached hydrogen (secondary N) is 1. The first-order valence-electron chi connectivity index (χ1n) is 7.12. The summed E-state index contributed by atoms with van der Waals surface area (Å²) in [5, 5.41) is 3.23. The van der Waals surface area contributed by atoms with Crippen LogP contribution in [0.2, 0.25) is 5.02 Å². The van der Waals surface area contributed by atoms with Crippen molar-refractivity contribution in [3.05, 3.63) is 59.4 Å². The topological polar surface area (TPSA) is 58.6 Å². The van der Waals surface area contributed by atoms with E-state index in [-0.39, 0.29) is 30.8 Å². The van der Waals surface area contributed by atoms with E-state index in [1.807, 2.05) is 0 Å². The predicted octanol–water partition coefficient (Wildman–Crippen LogP) is 2.96. The predicted molar refractivity (Wildman–Crippen MR) is 89.6 cm³/mol. The molecule has 0 fully saturated rings. The molecule has 126 valence electrons. The fourth-order valence-electron chi connectivity index (χ4n) is 1.82. The number of hydrogen-bond acceptors (Lipinski definition) is 3. The molecule has 2 rings (SSSR count). The van der Waals surface area contributed by atoms with Gasteiger partial charge in [0.1, 0.15) is 11.6 Å². The maximum Gasteiger partial charge on any atom is 0.260 e. The number of amides is 2. The molecular formula is C17H16ClFN2O3. The minimum Gasteiger partial charge on any atom is -0.484 e. The summed E-state index contributed by atoms with van der Waals surface area (Å²) >= 11 is 5.77. The fourth-order valence-corrected chi connectivity index (χ4v) is 1.95. The Morgan fingerprint density at radius 2 is 1.75 bits per heavy atom. The highest BCUT2D eigenvalue weighted by Crippen LogP contribution is 2.13. The largest absolute Gasteiger partial charge is 0.484 e. The van der Waals surface area contributed by atoms with Gasteiger partial charge >= 0.3 is 0 Å². The maximum atomic E-state index is 12.8. The first-order valence-corrected chi connectivity index (χ1v) is 7.49. The number of ether oxygens (including phenoxy) is 1. The van der Waals surface area contributed by atoms with E-state index in [0.29, 0.717) is 16.5 Å². The molecule has 0 heterocycles. The van der Waals surface area contributed by atoms with Crippen molar-refractivity contribution in [2.24, 2.45) is 0 Å². The van der Waals surface area contributed by atoms with Gasteiger partial charge in [-0.3, -0.25) is 9.59 Å². The molecular weight excluding hydrogens is 335 g/mol. The first-order chi connectivity index (χ1) is 11.4. The Kier molecular flexibility index (Phi) is 6.14. The molecule has 5 nitrogen and oxygen atoms in total. The van der Waals surface area contributed by atoms with Crippen LogP contribution in [0.4, 0.5) is 10.1 Å². The van der Waals surface area contributed by atoms with E-state index in [9.17, 15) is 14.0 Å². The van der Waals surface area contributed by atoms with E-state index in [1.54, 1.807) is 24.3 Å². The quantitative estimate of drug-likeness (QED) is 0.871. The Bertz CT molecular complexity index is 705. The summed E-state index contributed by atoms with van der Waals surface area (Å²) in [7, 11) is 1.50. The molecule has 2 aromatic rings. The van der Waals surface area contributed by atoms with E-state index >= 15 is 0 Å². The summed E-state index contributed by atoms with van der Waals surface area (Å²) < 4.78 is 18.0. The zero-order valence-corrected chi connectivity index (χ0v) is 13.7. The summed E-state index contributed by atoms with van der Waals surface area (Å²) in [6.45, 7) is -0.357. The average molecular weight is 351 g/mol. The highest BCUT2D eigenvalue weighted by Gasteiger charge is 2.14. The molecule has 0 saturated heterocycles. The van der Waals surface area contributed by atoms with Crippen LogP contribution in [0.25, 0.3) is 0 Å². The van der Waals surface area contributed by atoms with Crippen molar-refractivity contribution < 1.29 is 18.7 Å². The monoisotopic (exact) mass is 350 g/mol. The number of hydrogen-bond donors (Lipinski definition) is 1. The molecule has 2 amide bonds. The van der Waals surface area contributed by atoms with Crippen LogP contribution in [0.1, 0.15) is 0 Å². The Hall–Kier alpha value is -2.60. The minimum absolute atomic E-state index is 0.117.